The molecule has 0 aliphatic carbocycles. The molecule has 2 aliphatic heterocycles. The van der Waals surface area contributed by atoms with Crippen LogP contribution < -0.4 is 29.8 Å². The minimum absolute atomic E-state index is 0.0426. The summed E-state index contributed by atoms with van der Waals surface area (Å²) in [5, 5.41) is 0. The topological polar surface area (TPSA) is 136 Å². The number of hydrogen-bond acceptors (Lipinski definition) is 12. The fraction of sp³-hybridized carbons (Fsp3) is 0.290. The van der Waals surface area contributed by atoms with E-state index >= 15 is 0 Å². The fourth-order valence-corrected chi connectivity index (χ4v) is 7.07. The third kappa shape index (κ3) is 9.03. The molecule has 0 spiro atoms. The maximum atomic E-state index is 13.0. The molecule has 0 aromatic heterocycles. The summed E-state index contributed by atoms with van der Waals surface area (Å²) < 4.78 is 21.9. The van der Waals surface area contributed by atoms with Crippen molar-refractivity contribution in [2.75, 3.05) is 41.5 Å². The monoisotopic (exact) mass is 716 g/mol. The lowest BCUT2D eigenvalue weighted by Crippen LogP contribution is -2.43. The van der Waals surface area contributed by atoms with Gasteiger partial charge in [0.1, 0.15) is 8.64 Å². The molecular formula is C31H32N4O8S4. The van der Waals surface area contributed by atoms with Crippen LogP contribution in [0.1, 0.15) is 30.4 Å². The highest BCUT2D eigenvalue weighted by Crippen LogP contribution is 2.36. The third-order valence-corrected chi connectivity index (χ3v) is 9.60. The molecule has 12 nitrogen and oxygen atoms in total. The van der Waals surface area contributed by atoms with Crippen LogP contribution in [-0.4, -0.2) is 83.6 Å². The number of carbonyl (C=O) groups excluding carboxylic acids is 4. The Morgan fingerprint density at radius 2 is 1.11 bits per heavy atom. The first kappa shape index (κ1) is 35.7. The van der Waals surface area contributed by atoms with E-state index in [9.17, 15) is 19.2 Å². The van der Waals surface area contributed by atoms with Crippen LogP contribution in [0.25, 0.3) is 12.2 Å². The second-order valence-corrected chi connectivity index (χ2v) is 13.2. The summed E-state index contributed by atoms with van der Waals surface area (Å²) in [7, 11) is 6.14. The van der Waals surface area contributed by atoms with Gasteiger partial charge in [0.15, 0.2) is 23.0 Å². The van der Waals surface area contributed by atoms with Crippen molar-refractivity contribution in [3.8, 4) is 23.0 Å². The van der Waals surface area contributed by atoms with Gasteiger partial charge in [0.05, 0.1) is 38.2 Å². The highest BCUT2D eigenvalue weighted by Gasteiger charge is 2.33. The van der Waals surface area contributed by atoms with Crippen molar-refractivity contribution in [2.45, 2.75) is 19.3 Å². The molecule has 248 valence electrons. The van der Waals surface area contributed by atoms with Crippen LogP contribution in [0.15, 0.2) is 46.2 Å². The number of thiocarbonyl (C=S) groups is 2. The normalized spacial score (nSPS) is 16.3. The van der Waals surface area contributed by atoms with Crippen LogP contribution in [-0.2, 0) is 19.2 Å². The Bertz CT molecular complexity index is 1660. The smallest absolute Gasteiger partial charge is 0.266 e. The number of hydrazine groups is 1. The predicted octanol–water partition coefficient (Wildman–Crippen LogP) is 4.14. The number of nitrogens with one attached hydrogen (secondary N) is 2. The number of carbonyl (C=O) groups is 4. The largest absolute Gasteiger partial charge is 0.493 e. The molecule has 2 fully saturated rings. The highest BCUT2D eigenvalue weighted by atomic mass is 32.2. The molecule has 0 saturated carbocycles. The minimum atomic E-state index is -0.492. The average molecular weight is 717 g/mol. The number of thioether (sulfide) groups is 2. The van der Waals surface area contributed by atoms with Crippen molar-refractivity contribution < 1.29 is 38.1 Å². The molecule has 47 heavy (non-hydrogen) atoms. The van der Waals surface area contributed by atoms with Crippen molar-refractivity contribution >= 4 is 92.4 Å². The zero-order valence-electron chi connectivity index (χ0n) is 25.9. The number of hydrogen-bond donors (Lipinski definition) is 2. The van der Waals surface area contributed by atoms with Crippen molar-refractivity contribution in [1.29, 1.82) is 0 Å². The first-order valence-corrected chi connectivity index (χ1v) is 16.6. The van der Waals surface area contributed by atoms with E-state index in [1.165, 1.54) is 42.9 Å². The Labute approximate surface area is 291 Å². The maximum Gasteiger partial charge on any atom is 0.266 e. The van der Waals surface area contributed by atoms with Crippen LogP contribution in [0.5, 0.6) is 23.0 Å². The van der Waals surface area contributed by atoms with Gasteiger partial charge in [-0.2, -0.15) is 0 Å². The van der Waals surface area contributed by atoms with Gasteiger partial charge in [0, 0.05) is 25.9 Å². The Hall–Kier alpha value is -4.12. The van der Waals surface area contributed by atoms with Gasteiger partial charge < -0.3 is 18.9 Å². The molecule has 0 radical (unpaired) electrons. The molecule has 2 heterocycles. The van der Waals surface area contributed by atoms with E-state index in [4.69, 9.17) is 43.4 Å². The standard InChI is InChI=1S/C31H32N4O8S4/c1-40-20-9-7-18(14-22(20)42-3)16-24-28(38)34(30(44)46-24)12-5-6-26(36)32-33-27(37)11-13-35-29(39)25(47-31(35)45)17-19-8-10-21(41-2)23(15-19)43-4/h7-10,14-17H,5-6,11-13H2,1-4H3,(H,32,36)(H,33,37). The van der Waals surface area contributed by atoms with Gasteiger partial charge in [-0.3, -0.25) is 39.8 Å². The van der Waals surface area contributed by atoms with E-state index in [0.717, 1.165) is 22.9 Å². The molecule has 16 heteroatoms. The van der Waals surface area contributed by atoms with Gasteiger partial charge in [-0.25, -0.2) is 0 Å². The van der Waals surface area contributed by atoms with Gasteiger partial charge in [0.2, 0.25) is 11.8 Å². The van der Waals surface area contributed by atoms with Crippen molar-refractivity contribution in [3.63, 3.8) is 0 Å². The Morgan fingerprint density at radius 1 is 0.681 bits per heavy atom. The van der Waals surface area contributed by atoms with Gasteiger partial charge >= 0.3 is 0 Å². The highest BCUT2D eigenvalue weighted by molar-refractivity contribution is 8.27. The zero-order chi connectivity index (χ0) is 34.1. The summed E-state index contributed by atoms with van der Waals surface area (Å²) in [6, 6.07) is 10.6. The van der Waals surface area contributed by atoms with E-state index in [0.29, 0.717) is 47.9 Å². The van der Waals surface area contributed by atoms with Crippen LogP contribution >= 0.6 is 48.0 Å². The second-order valence-electron chi connectivity index (χ2n) is 9.85. The summed E-state index contributed by atoms with van der Waals surface area (Å²) in [5.41, 5.74) is 6.19. The summed E-state index contributed by atoms with van der Waals surface area (Å²) in [5.74, 6) is 0.702. The lowest BCUT2D eigenvalue weighted by Gasteiger charge is -2.15. The Kier molecular flexibility index (Phi) is 12.6. The second kappa shape index (κ2) is 16.6. The maximum absolute atomic E-state index is 13.0. The van der Waals surface area contributed by atoms with E-state index in [-0.39, 0.29) is 37.7 Å². The van der Waals surface area contributed by atoms with E-state index in [2.05, 4.69) is 10.9 Å². The quantitative estimate of drug-likeness (QED) is 0.175. The van der Waals surface area contributed by atoms with Crippen LogP contribution in [0.2, 0.25) is 0 Å². The van der Waals surface area contributed by atoms with Crippen molar-refractivity contribution in [2.24, 2.45) is 0 Å². The average Bonchev–Trinajstić information content (AvgIpc) is 3.49. The number of rotatable bonds is 13. The van der Waals surface area contributed by atoms with Gasteiger partial charge in [-0.1, -0.05) is 60.1 Å². The Balaban J connectivity index is 1.20. The number of benzene rings is 2. The number of nitrogens with zero attached hydrogens (tertiary/aromatic N) is 2. The van der Waals surface area contributed by atoms with Gasteiger partial charge in [0.25, 0.3) is 11.8 Å². The zero-order valence-corrected chi connectivity index (χ0v) is 29.2. The molecule has 2 aromatic rings. The van der Waals surface area contributed by atoms with Crippen LogP contribution in [0.4, 0.5) is 0 Å². The van der Waals surface area contributed by atoms with Crippen molar-refractivity contribution in [3.05, 3.63) is 57.3 Å². The Morgan fingerprint density at radius 3 is 1.55 bits per heavy atom. The van der Waals surface area contributed by atoms with E-state index in [1.807, 2.05) is 0 Å². The summed E-state index contributed by atoms with van der Waals surface area (Å²) in [6.07, 6.45) is 3.69. The summed E-state index contributed by atoms with van der Waals surface area (Å²) >= 11 is 13.1. The van der Waals surface area contributed by atoms with Gasteiger partial charge in [-0.15, -0.1) is 0 Å². The first-order valence-electron chi connectivity index (χ1n) is 14.1. The predicted molar refractivity (Wildman–Crippen MR) is 189 cm³/mol. The molecule has 0 bridgehead atoms. The fourth-order valence-electron chi connectivity index (χ4n) is 4.45. The molecule has 2 N–H and O–H groups in total. The van der Waals surface area contributed by atoms with E-state index in [1.54, 1.807) is 55.7 Å². The lowest BCUT2D eigenvalue weighted by atomic mass is 10.2. The molecule has 2 aliphatic rings. The number of methoxy groups -OCH3 is 4. The number of amides is 4. The van der Waals surface area contributed by atoms with Crippen molar-refractivity contribution in [1.82, 2.24) is 20.7 Å². The van der Waals surface area contributed by atoms with Gasteiger partial charge in [-0.05, 0) is 54.0 Å². The molecular weight excluding hydrogens is 685 g/mol. The molecule has 4 amide bonds. The molecule has 2 saturated heterocycles. The molecule has 2 aromatic carbocycles. The molecule has 4 rings (SSSR count). The number of ether oxygens (including phenoxy) is 4. The van der Waals surface area contributed by atoms with Crippen LogP contribution in [0.3, 0.4) is 0 Å². The lowest BCUT2D eigenvalue weighted by molar-refractivity contribution is -0.129. The molecule has 0 atom stereocenters. The minimum Gasteiger partial charge on any atom is -0.493 e. The molecule has 0 unspecified atom stereocenters. The summed E-state index contributed by atoms with van der Waals surface area (Å²) in [6.45, 7) is 0.279. The summed E-state index contributed by atoms with van der Waals surface area (Å²) in [4.78, 5) is 54.3. The third-order valence-electron chi connectivity index (χ3n) is 6.85. The van der Waals surface area contributed by atoms with E-state index < -0.39 is 11.8 Å². The SMILES string of the molecule is COc1ccc(C=C2SC(=S)N(CCCC(=O)NNC(=O)CCN3C(=O)C(=Cc4ccc(OC)c(OC)c4)SC3=S)C2=O)cc1OC. The van der Waals surface area contributed by atoms with Crippen LogP contribution in [0, 0.1) is 0 Å². The first-order chi connectivity index (χ1) is 22.6.